The first-order chi connectivity index (χ1) is 12.2. The molecule has 25 heavy (non-hydrogen) atoms. The summed E-state index contributed by atoms with van der Waals surface area (Å²) in [5.74, 6) is -1.90. The van der Waals surface area contributed by atoms with Gasteiger partial charge in [-0.05, 0) is 28.6 Å². The Kier molecular flexibility index (Phi) is 3.00. The van der Waals surface area contributed by atoms with E-state index < -0.39 is 17.9 Å². The summed E-state index contributed by atoms with van der Waals surface area (Å²) in [6, 6.07) is 10.5. The quantitative estimate of drug-likeness (QED) is 0.666. The number of carbonyl (C=O) groups excluding carboxylic acids is 3. The number of hydrogen-bond donors (Lipinski definition) is 1. The SMILES string of the molecule is O=C1NC(=O)[C@H]2[C@@H]1[C@@H](C(=O)c1cccs1)N1C=Cc3ccccc3[C@H]21. The number of carbonyl (C=O) groups is 3. The molecule has 124 valence electrons. The van der Waals surface area contributed by atoms with Crippen LogP contribution >= 0.6 is 11.3 Å². The monoisotopic (exact) mass is 350 g/mol. The van der Waals surface area contributed by atoms with Crippen LogP contribution in [0.1, 0.15) is 26.8 Å². The van der Waals surface area contributed by atoms with E-state index >= 15 is 0 Å². The Morgan fingerprint density at radius 3 is 2.64 bits per heavy atom. The normalized spacial score (nSPS) is 29.2. The van der Waals surface area contributed by atoms with E-state index in [4.69, 9.17) is 0 Å². The summed E-state index contributed by atoms with van der Waals surface area (Å²) in [5, 5.41) is 4.28. The van der Waals surface area contributed by atoms with Crippen LogP contribution in [0.5, 0.6) is 0 Å². The van der Waals surface area contributed by atoms with Gasteiger partial charge in [-0.25, -0.2) is 0 Å². The molecule has 2 saturated heterocycles. The minimum absolute atomic E-state index is 0.0959. The zero-order valence-electron chi connectivity index (χ0n) is 13.1. The molecule has 5 nitrogen and oxygen atoms in total. The highest BCUT2D eigenvalue weighted by Crippen LogP contribution is 2.51. The lowest BCUT2D eigenvalue weighted by atomic mass is 9.84. The molecule has 5 rings (SSSR count). The summed E-state index contributed by atoms with van der Waals surface area (Å²) < 4.78 is 0. The van der Waals surface area contributed by atoms with Gasteiger partial charge in [-0.15, -0.1) is 11.3 Å². The fourth-order valence-corrected chi connectivity index (χ4v) is 5.04. The first-order valence-electron chi connectivity index (χ1n) is 8.14. The highest BCUT2D eigenvalue weighted by Gasteiger charge is 2.61. The standard InChI is InChI=1S/C19H14N2O3S/c22-17(12-6-3-9-25-12)16-14-13(18(23)20-19(14)24)15-11-5-2-1-4-10(11)7-8-21(15)16/h1-9,13-16H,(H,20,23,24)/t13-,14+,15+,16-/m0/s1. The molecular weight excluding hydrogens is 336 g/mol. The second-order valence-electron chi connectivity index (χ2n) is 6.53. The van der Waals surface area contributed by atoms with Gasteiger partial charge < -0.3 is 4.90 Å². The van der Waals surface area contributed by atoms with Crippen LogP contribution in [0.3, 0.4) is 0 Å². The van der Waals surface area contributed by atoms with Crippen LogP contribution in [0.2, 0.25) is 0 Å². The van der Waals surface area contributed by atoms with E-state index in [0.717, 1.165) is 11.1 Å². The number of ketones is 1. The highest BCUT2D eigenvalue weighted by atomic mass is 32.1. The zero-order chi connectivity index (χ0) is 17.1. The van der Waals surface area contributed by atoms with Crippen LogP contribution in [-0.2, 0) is 9.59 Å². The minimum atomic E-state index is -0.650. The summed E-state index contributed by atoms with van der Waals surface area (Å²) in [7, 11) is 0. The Hall–Kier alpha value is -2.73. The number of fused-ring (bicyclic) bond motifs is 5. The van der Waals surface area contributed by atoms with Crippen molar-refractivity contribution in [2.45, 2.75) is 12.1 Å². The molecule has 1 aromatic heterocycles. The predicted octanol–water partition coefficient (Wildman–Crippen LogP) is 2.23. The third-order valence-corrected chi connectivity index (χ3v) is 6.22. The lowest BCUT2D eigenvalue weighted by molar-refractivity contribution is -0.127. The third kappa shape index (κ3) is 1.91. The number of rotatable bonds is 2. The summed E-state index contributed by atoms with van der Waals surface area (Å²) in [5.41, 5.74) is 2.02. The molecule has 0 bridgehead atoms. The van der Waals surface area contributed by atoms with Crippen molar-refractivity contribution in [3.8, 4) is 0 Å². The van der Waals surface area contributed by atoms with Crippen LogP contribution in [0.25, 0.3) is 6.08 Å². The largest absolute Gasteiger partial charge is 0.358 e. The fourth-order valence-electron chi connectivity index (χ4n) is 4.34. The highest BCUT2D eigenvalue weighted by molar-refractivity contribution is 7.12. The molecule has 3 aliphatic rings. The van der Waals surface area contributed by atoms with E-state index in [1.54, 1.807) is 6.07 Å². The van der Waals surface area contributed by atoms with Gasteiger partial charge in [-0.3, -0.25) is 19.7 Å². The van der Waals surface area contributed by atoms with Crippen molar-refractivity contribution in [2.24, 2.45) is 11.8 Å². The minimum Gasteiger partial charge on any atom is -0.358 e. The van der Waals surface area contributed by atoms with Gasteiger partial charge in [0.15, 0.2) is 5.78 Å². The van der Waals surface area contributed by atoms with Crippen LogP contribution in [0, 0.1) is 11.8 Å². The maximum atomic E-state index is 13.1. The first kappa shape index (κ1) is 14.6. The Bertz CT molecular complexity index is 934. The number of nitrogens with one attached hydrogen (secondary N) is 1. The van der Waals surface area contributed by atoms with Gasteiger partial charge in [-0.1, -0.05) is 30.3 Å². The Morgan fingerprint density at radius 1 is 1.04 bits per heavy atom. The number of Topliss-reactive ketones (excluding diaryl/α,β-unsaturated/α-hetero) is 1. The van der Waals surface area contributed by atoms with E-state index in [9.17, 15) is 14.4 Å². The lowest BCUT2D eigenvalue weighted by Gasteiger charge is -2.34. The fraction of sp³-hybridized carbons (Fsp3) is 0.211. The first-order valence-corrected chi connectivity index (χ1v) is 9.02. The molecule has 0 spiro atoms. The molecule has 0 radical (unpaired) electrons. The molecule has 2 amide bonds. The molecule has 1 N–H and O–H groups in total. The van der Waals surface area contributed by atoms with Crippen molar-refractivity contribution in [1.29, 1.82) is 0 Å². The van der Waals surface area contributed by atoms with E-state index in [1.807, 2.05) is 52.9 Å². The molecule has 0 saturated carbocycles. The van der Waals surface area contributed by atoms with E-state index in [-0.39, 0.29) is 23.6 Å². The average molecular weight is 350 g/mol. The molecule has 0 aliphatic carbocycles. The molecule has 2 fully saturated rings. The van der Waals surface area contributed by atoms with Gasteiger partial charge in [0.2, 0.25) is 11.8 Å². The van der Waals surface area contributed by atoms with E-state index in [0.29, 0.717) is 4.88 Å². The Balaban J connectivity index is 1.67. The van der Waals surface area contributed by atoms with Crippen LogP contribution in [-0.4, -0.2) is 28.5 Å². The summed E-state index contributed by atoms with van der Waals surface area (Å²) >= 11 is 1.36. The molecule has 6 heteroatoms. The third-order valence-electron chi connectivity index (χ3n) is 5.34. The Labute approximate surface area is 148 Å². The average Bonchev–Trinajstić information content (AvgIpc) is 3.32. The molecule has 2 aromatic rings. The van der Waals surface area contributed by atoms with Gasteiger partial charge in [0.1, 0.15) is 6.04 Å². The van der Waals surface area contributed by atoms with Crippen LogP contribution < -0.4 is 5.32 Å². The maximum absolute atomic E-state index is 13.1. The van der Waals surface area contributed by atoms with Gasteiger partial charge in [0, 0.05) is 6.20 Å². The molecule has 3 aliphatic heterocycles. The maximum Gasteiger partial charge on any atom is 0.233 e. The number of amides is 2. The second kappa shape index (κ2) is 5.13. The van der Waals surface area contributed by atoms with E-state index in [1.165, 1.54) is 11.3 Å². The number of nitrogens with zero attached hydrogens (tertiary/aromatic N) is 1. The summed E-state index contributed by atoms with van der Waals surface area (Å²) in [6.45, 7) is 0. The zero-order valence-corrected chi connectivity index (χ0v) is 13.9. The van der Waals surface area contributed by atoms with Gasteiger partial charge in [0.25, 0.3) is 0 Å². The van der Waals surface area contributed by atoms with Crippen molar-refractivity contribution in [1.82, 2.24) is 10.2 Å². The second-order valence-corrected chi connectivity index (χ2v) is 7.48. The number of thiophene rings is 1. The Morgan fingerprint density at radius 2 is 1.84 bits per heavy atom. The number of imide groups is 1. The molecule has 0 unspecified atom stereocenters. The van der Waals surface area contributed by atoms with Crippen molar-refractivity contribution in [2.75, 3.05) is 0 Å². The lowest BCUT2D eigenvalue weighted by Crippen LogP contribution is -2.42. The predicted molar refractivity (Wildman–Crippen MR) is 92.6 cm³/mol. The number of benzene rings is 1. The molecule has 4 atom stereocenters. The van der Waals surface area contributed by atoms with Gasteiger partial charge in [0.05, 0.1) is 22.8 Å². The van der Waals surface area contributed by atoms with Crippen molar-refractivity contribution in [3.63, 3.8) is 0 Å². The van der Waals surface area contributed by atoms with Crippen LogP contribution in [0.15, 0.2) is 48.0 Å². The topological polar surface area (TPSA) is 66.5 Å². The van der Waals surface area contributed by atoms with E-state index in [2.05, 4.69) is 5.32 Å². The summed E-state index contributed by atoms with van der Waals surface area (Å²) in [4.78, 5) is 40.6. The van der Waals surface area contributed by atoms with Crippen LogP contribution in [0.4, 0.5) is 0 Å². The van der Waals surface area contributed by atoms with Gasteiger partial charge >= 0.3 is 0 Å². The molecular formula is C19H14N2O3S. The smallest absolute Gasteiger partial charge is 0.233 e. The van der Waals surface area contributed by atoms with Crippen molar-refractivity contribution >= 4 is 35.0 Å². The number of hydrogen-bond acceptors (Lipinski definition) is 5. The van der Waals surface area contributed by atoms with Crippen molar-refractivity contribution < 1.29 is 14.4 Å². The molecule has 1 aromatic carbocycles. The van der Waals surface area contributed by atoms with Crippen molar-refractivity contribution in [3.05, 3.63) is 64.0 Å². The van der Waals surface area contributed by atoms with Gasteiger partial charge in [-0.2, -0.15) is 0 Å². The summed E-state index contributed by atoms with van der Waals surface area (Å²) in [6.07, 6.45) is 3.81. The molecule has 4 heterocycles.